The van der Waals surface area contributed by atoms with Crippen molar-refractivity contribution in [2.45, 2.75) is 0 Å². The third-order valence-electron chi connectivity index (χ3n) is 2.27. The van der Waals surface area contributed by atoms with Crippen molar-refractivity contribution >= 4 is 17.3 Å². The summed E-state index contributed by atoms with van der Waals surface area (Å²) in [5.74, 6) is -1.12. The fourth-order valence-corrected chi connectivity index (χ4v) is 1.55. The minimum atomic E-state index is -0.764. The van der Waals surface area contributed by atoms with E-state index >= 15 is 0 Å². The number of hydrogen-bond donors (Lipinski definition) is 0. The van der Waals surface area contributed by atoms with Crippen LogP contribution in [0.25, 0.3) is 0 Å². The van der Waals surface area contributed by atoms with Gasteiger partial charge in [0, 0.05) is 6.07 Å². The topological polar surface area (TPSA) is 89.0 Å². The average molecular weight is 294 g/mol. The molecule has 0 bridgehead atoms. The Labute approximate surface area is 117 Å². The molecule has 0 aliphatic carbocycles. The Balaban J connectivity index is 2.31. The molecule has 0 saturated heterocycles. The summed E-state index contributed by atoms with van der Waals surface area (Å²) in [5.41, 5.74) is -0.166. The number of nitro groups is 1. The molecule has 100 valence electrons. The largest absolute Gasteiger partial charge is 0.434 e. The van der Waals surface area contributed by atoms with Gasteiger partial charge in [-0.1, -0.05) is 11.6 Å². The third-order valence-corrected chi connectivity index (χ3v) is 2.54. The molecule has 1 aromatic carbocycles. The van der Waals surface area contributed by atoms with Gasteiger partial charge in [0.25, 0.3) is 5.69 Å². The van der Waals surface area contributed by atoms with E-state index in [-0.39, 0.29) is 27.9 Å². The molecule has 0 saturated carbocycles. The van der Waals surface area contributed by atoms with E-state index in [2.05, 4.69) is 4.98 Å². The number of ether oxygens (including phenoxy) is 1. The highest BCUT2D eigenvalue weighted by Crippen LogP contribution is 2.31. The molecule has 2 aromatic rings. The highest BCUT2D eigenvalue weighted by molar-refractivity contribution is 6.32. The first-order chi connectivity index (χ1) is 9.51. The lowest BCUT2D eigenvalue weighted by atomic mass is 10.2. The van der Waals surface area contributed by atoms with Crippen LogP contribution in [-0.2, 0) is 0 Å². The molecular weight excluding hydrogens is 289 g/mol. The van der Waals surface area contributed by atoms with E-state index in [0.29, 0.717) is 0 Å². The van der Waals surface area contributed by atoms with Crippen molar-refractivity contribution < 1.29 is 14.1 Å². The van der Waals surface area contributed by atoms with Gasteiger partial charge in [-0.05, 0) is 18.2 Å². The molecule has 0 aliphatic heterocycles. The maximum Gasteiger partial charge on any atom is 0.289 e. The van der Waals surface area contributed by atoms with E-state index in [1.165, 1.54) is 12.1 Å². The fourth-order valence-electron chi connectivity index (χ4n) is 1.35. The quantitative estimate of drug-likeness (QED) is 0.638. The minimum absolute atomic E-state index is 0.122. The van der Waals surface area contributed by atoms with E-state index in [1.54, 1.807) is 6.07 Å². The van der Waals surface area contributed by atoms with Crippen LogP contribution in [0.5, 0.6) is 11.6 Å². The maximum absolute atomic E-state index is 13.6. The Hall–Kier alpha value is -2.72. The van der Waals surface area contributed by atoms with Gasteiger partial charge in [-0.25, -0.2) is 9.37 Å². The fraction of sp³-hybridized carbons (Fsp3) is 0. The van der Waals surface area contributed by atoms with Crippen molar-refractivity contribution in [1.82, 2.24) is 4.98 Å². The van der Waals surface area contributed by atoms with Gasteiger partial charge in [-0.2, -0.15) is 5.26 Å². The Bertz CT molecular complexity index is 730. The van der Waals surface area contributed by atoms with Gasteiger partial charge in [0.2, 0.25) is 5.88 Å². The first-order valence-electron chi connectivity index (χ1n) is 5.18. The van der Waals surface area contributed by atoms with Gasteiger partial charge in [0.15, 0.2) is 11.6 Å². The van der Waals surface area contributed by atoms with Crippen LogP contribution in [0.4, 0.5) is 10.1 Å². The molecule has 0 radical (unpaired) electrons. The molecule has 0 spiro atoms. The molecular formula is C12H5ClFN3O3. The van der Waals surface area contributed by atoms with Crippen LogP contribution in [0.3, 0.4) is 0 Å². The molecule has 0 atom stereocenters. The molecule has 6 nitrogen and oxygen atoms in total. The first-order valence-corrected chi connectivity index (χ1v) is 5.56. The second-order valence-corrected chi connectivity index (χ2v) is 4.00. The summed E-state index contributed by atoms with van der Waals surface area (Å²) in [5, 5.41) is 19.0. The number of hydrogen-bond acceptors (Lipinski definition) is 5. The van der Waals surface area contributed by atoms with Crippen molar-refractivity contribution in [3.8, 4) is 17.7 Å². The lowest BCUT2D eigenvalue weighted by molar-refractivity contribution is -0.385. The van der Waals surface area contributed by atoms with Crippen molar-refractivity contribution in [1.29, 1.82) is 5.26 Å². The Kier molecular flexibility index (Phi) is 3.77. The van der Waals surface area contributed by atoms with Gasteiger partial charge in [-0.3, -0.25) is 10.1 Å². The van der Waals surface area contributed by atoms with Gasteiger partial charge in [0.05, 0.1) is 16.6 Å². The summed E-state index contributed by atoms with van der Waals surface area (Å²) >= 11 is 5.77. The summed E-state index contributed by atoms with van der Waals surface area (Å²) in [6.07, 6.45) is 0.947. The monoisotopic (exact) mass is 293 g/mol. The lowest BCUT2D eigenvalue weighted by Crippen LogP contribution is -1.95. The summed E-state index contributed by atoms with van der Waals surface area (Å²) in [7, 11) is 0. The predicted molar refractivity (Wildman–Crippen MR) is 67.1 cm³/mol. The molecule has 1 heterocycles. The Morgan fingerprint density at radius 2 is 2.20 bits per heavy atom. The zero-order valence-electron chi connectivity index (χ0n) is 9.71. The summed E-state index contributed by atoms with van der Waals surface area (Å²) in [4.78, 5) is 13.5. The van der Waals surface area contributed by atoms with Gasteiger partial charge < -0.3 is 4.74 Å². The van der Waals surface area contributed by atoms with Gasteiger partial charge in [-0.15, -0.1) is 0 Å². The van der Waals surface area contributed by atoms with E-state index < -0.39 is 10.7 Å². The zero-order valence-corrected chi connectivity index (χ0v) is 10.5. The molecule has 0 N–H and O–H groups in total. The van der Waals surface area contributed by atoms with Crippen molar-refractivity contribution in [3.63, 3.8) is 0 Å². The molecule has 2 rings (SSSR count). The average Bonchev–Trinajstić information content (AvgIpc) is 2.42. The Morgan fingerprint density at radius 1 is 1.45 bits per heavy atom. The van der Waals surface area contributed by atoms with Crippen molar-refractivity contribution in [3.05, 3.63) is 57.0 Å². The molecule has 1 aromatic heterocycles. The number of aromatic nitrogens is 1. The summed E-state index contributed by atoms with van der Waals surface area (Å²) < 4.78 is 18.7. The molecule has 20 heavy (non-hydrogen) atoms. The van der Waals surface area contributed by atoms with E-state index in [1.807, 2.05) is 0 Å². The number of rotatable bonds is 3. The smallest absolute Gasteiger partial charge is 0.289 e. The highest BCUT2D eigenvalue weighted by atomic mass is 35.5. The molecule has 0 amide bonds. The van der Waals surface area contributed by atoms with Crippen molar-refractivity contribution in [2.75, 3.05) is 0 Å². The number of pyridine rings is 1. The van der Waals surface area contributed by atoms with Crippen LogP contribution >= 0.6 is 11.6 Å². The standard InChI is InChI=1S/C12H5ClFN3O3/c13-9-4-8(17(18)19)6-16-12(9)20-11-2-1-7(5-15)3-10(11)14/h1-4,6H. The van der Waals surface area contributed by atoms with Crippen LogP contribution < -0.4 is 4.74 Å². The highest BCUT2D eigenvalue weighted by Gasteiger charge is 2.14. The van der Waals surface area contributed by atoms with Crippen molar-refractivity contribution in [2.24, 2.45) is 0 Å². The van der Waals surface area contributed by atoms with Crippen LogP contribution in [0, 0.1) is 27.3 Å². The minimum Gasteiger partial charge on any atom is -0.434 e. The lowest BCUT2D eigenvalue weighted by Gasteiger charge is -2.07. The second kappa shape index (κ2) is 5.50. The molecule has 8 heteroatoms. The first kappa shape index (κ1) is 13.7. The number of halogens is 2. The zero-order chi connectivity index (χ0) is 14.7. The van der Waals surface area contributed by atoms with Crippen LogP contribution in [0.15, 0.2) is 30.5 Å². The maximum atomic E-state index is 13.6. The predicted octanol–water partition coefficient (Wildman–Crippen LogP) is 3.45. The van der Waals surface area contributed by atoms with Gasteiger partial charge in [0.1, 0.15) is 11.2 Å². The number of nitriles is 1. The molecule has 0 fully saturated rings. The molecule has 0 aliphatic rings. The molecule has 0 unspecified atom stereocenters. The van der Waals surface area contributed by atoms with Gasteiger partial charge >= 0.3 is 0 Å². The van der Waals surface area contributed by atoms with E-state index in [4.69, 9.17) is 21.6 Å². The van der Waals surface area contributed by atoms with E-state index in [9.17, 15) is 14.5 Å². The van der Waals surface area contributed by atoms with Crippen LogP contribution in [0.2, 0.25) is 5.02 Å². The second-order valence-electron chi connectivity index (χ2n) is 3.60. The van der Waals surface area contributed by atoms with Crippen LogP contribution in [0.1, 0.15) is 5.56 Å². The number of nitrogens with zero attached hydrogens (tertiary/aromatic N) is 3. The number of benzene rings is 1. The van der Waals surface area contributed by atoms with Crippen LogP contribution in [-0.4, -0.2) is 9.91 Å². The summed E-state index contributed by atoms with van der Waals surface area (Å²) in [6.45, 7) is 0. The summed E-state index contributed by atoms with van der Waals surface area (Å²) in [6, 6.07) is 6.42. The van der Waals surface area contributed by atoms with E-state index in [0.717, 1.165) is 18.3 Å². The third kappa shape index (κ3) is 2.81. The SMILES string of the molecule is N#Cc1ccc(Oc2ncc([N+](=O)[O-])cc2Cl)c(F)c1. The normalized spacial score (nSPS) is 9.85. The Morgan fingerprint density at radius 3 is 2.75 bits per heavy atom.